The third kappa shape index (κ3) is 1.31. The lowest BCUT2D eigenvalue weighted by atomic mass is 10.1. The first-order valence-electron chi connectivity index (χ1n) is 5.99. The van der Waals surface area contributed by atoms with Crippen molar-refractivity contribution in [2.45, 2.75) is 6.54 Å². The monoisotopic (exact) mass is 233 g/mol. The minimum atomic E-state index is 0.840. The van der Waals surface area contributed by atoms with Crippen LogP contribution in [-0.2, 0) is 6.54 Å². The van der Waals surface area contributed by atoms with Gasteiger partial charge in [-0.25, -0.2) is 9.98 Å². The summed E-state index contributed by atoms with van der Waals surface area (Å²) in [6.07, 6.45) is 1.87. The molecule has 0 fully saturated rings. The van der Waals surface area contributed by atoms with E-state index in [4.69, 9.17) is 4.99 Å². The number of aliphatic imine (C=N–C) groups is 2. The zero-order valence-corrected chi connectivity index (χ0v) is 9.74. The highest BCUT2D eigenvalue weighted by atomic mass is 15.2. The fraction of sp³-hybridized carbons (Fsp3) is 0.0667. The highest BCUT2D eigenvalue weighted by molar-refractivity contribution is 6.12. The van der Waals surface area contributed by atoms with Gasteiger partial charge in [0.2, 0.25) is 0 Å². The van der Waals surface area contributed by atoms with E-state index in [9.17, 15) is 0 Å². The highest BCUT2D eigenvalue weighted by Crippen LogP contribution is 2.32. The Balaban J connectivity index is 1.95. The van der Waals surface area contributed by atoms with Gasteiger partial charge in [0.15, 0.2) is 0 Å². The maximum Gasteiger partial charge on any atom is 0.144 e. The lowest BCUT2D eigenvalue weighted by Crippen LogP contribution is -2.34. The van der Waals surface area contributed by atoms with Crippen molar-refractivity contribution in [3.8, 4) is 0 Å². The van der Waals surface area contributed by atoms with Crippen LogP contribution in [0.1, 0.15) is 11.1 Å². The molecule has 2 heterocycles. The van der Waals surface area contributed by atoms with E-state index < -0.39 is 0 Å². The normalized spacial score (nSPS) is 15.6. The van der Waals surface area contributed by atoms with E-state index in [-0.39, 0.29) is 0 Å². The lowest BCUT2D eigenvalue weighted by Gasteiger charge is -2.30. The van der Waals surface area contributed by atoms with Gasteiger partial charge in [-0.2, -0.15) is 0 Å². The van der Waals surface area contributed by atoms with Crippen LogP contribution in [0.15, 0.2) is 58.5 Å². The van der Waals surface area contributed by atoms with Crippen LogP contribution in [-0.4, -0.2) is 17.1 Å². The molecule has 2 aliphatic rings. The van der Waals surface area contributed by atoms with Crippen LogP contribution in [0, 0.1) is 0 Å². The Labute approximate surface area is 105 Å². The van der Waals surface area contributed by atoms with E-state index in [1.807, 2.05) is 36.7 Å². The Hall–Kier alpha value is -2.42. The fourth-order valence-corrected chi connectivity index (χ4v) is 2.41. The largest absolute Gasteiger partial charge is 0.312 e. The summed E-state index contributed by atoms with van der Waals surface area (Å²) in [5.74, 6) is 0.999. The zero-order chi connectivity index (χ0) is 11.9. The van der Waals surface area contributed by atoms with Crippen LogP contribution >= 0.6 is 0 Å². The molecule has 18 heavy (non-hydrogen) atoms. The number of rotatable bonds is 0. The van der Waals surface area contributed by atoms with Crippen molar-refractivity contribution in [1.29, 1.82) is 0 Å². The molecule has 0 aliphatic carbocycles. The first kappa shape index (κ1) is 9.59. The van der Waals surface area contributed by atoms with Crippen LogP contribution < -0.4 is 0 Å². The van der Waals surface area contributed by atoms with Crippen molar-refractivity contribution in [2.24, 2.45) is 9.98 Å². The van der Waals surface area contributed by atoms with Crippen LogP contribution in [0.25, 0.3) is 0 Å². The van der Waals surface area contributed by atoms with Gasteiger partial charge in [-0.15, -0.1) is 0 Å². The van der Waals surface area contributed by atoms with Crippen LogP contribution in [0.3, 0.4) is 0 Å². The maximum absolute atomic E-state index is 4.76. The molecular formula is C15H11N3. The quantitative estimate of drug-likeness (QED) is 0.686. The second-order valence-corrected chi connectivity index (χ2v) is 4.45. The molecule has 3 nitrogen and oxygen atoms in total. The van der Waals surface area contributed by atoms with Gasteiger partial charge in [-0.3, -0.25) is 0 Å². The molecule has 0 spiro atoms. The number of benzene rings is 2. The minimum absolute atomic E-state index is 0.840. The summed E-state index contributed by atoms with van der Waals surface area (Å²) in [5, 5.41) is 0. The summed E-state index contributed by atoms with van der Waals surface area (Å²) in [6.45, 7) is 0.840. The third-order valence-electron chi connectivity index (χ3n) is 3.31. The summed E-state index contributed by atoms with van der Waals surface area (Å²) in [7, 11) is 0. The Morgan fingerprint density at radius 2 is 1.67 bits per heavy atom. The molecule has 86 valence electrons. The summed E-state index contributed by atoms with van der Waals surface area (Å²) in [5.41, 5.74) is 4.40. The second kappa shape index (κ2) is 3.53. The number of fused-ring (bicyclic) bond motifs is 4. The minimum Gasteiger partial charge on any atom is -0.312 e. The molecule has 2 aromatic rings. The molecule has 0 bridgehead atoms. The summed E-state index contributed by atoms with van der Waals surface area (Å²) >= 11 is 0. The van der Waals surface area contributed by atoms with E-state index in [1.54, 1.807) is 0 Å². The molecule has 2 aliphatic heterocycles. The molecule has 0 atom stereocenters. The standard InChI is InChI=1S/C15H11N3/c1-3-7-13-11(5-1)9-18-10-16-14-8-4-2-6-12(14)15(18)17-13/h1-8,10H,9H2. The maximum atomic E-state index is 4.76. The first-order chi connectivity index (χ1) is 8.92. The van der Waals surface area contributed by atoms with E-state index in [2.05, 4.69) is 28.1 Å². The number of amidine groups is 1. The molecule has 2 aromatic carbocycles. The molecule has 0 aromatic heterocycles. The van der Waals surface area contributed by atoms with Crippen molar-refractivity contribution in [2.75, 3.05) is 0 Å². The summed E-state index contributed by atoms with van der Waals surface area (Å²) in [4.78, 5) is 11.3. The molecule has 0 saturated carbocycles. The smallest absolute Gasteiger partial charge is 0.144 e. The van der Waals surface area contributed by atoms with Crippen LogP contribution in [0.5, 0.6) is 0 Å². The predicted octanol–water partition coefficient (Wildman–Crippen LogP) is 3.25. The fourth-order valence-electron chi connectivity index (χ4n) is 2.41. The van der Waals surface area contributed by atoms with Gasteiger partial charge >= 0.3 is 0 Å². The van der Waals surface area contributed by atoms with Gasteiger partial charge in [-0.1, -0.05) is 30.3 Å². The molecular weight excluding hydrogens is 222 g/mol. The first-order valence-corrected chi connectivity index (χ1v) is 5.99. The van der Waals surface area contributed by atoms with Crippen molar-refractivity contribution in [3.63, 3.8) is 0 Å². The van der Waals surface area contributed by atoms with E-state index in [0.29, 0.717) is 0 Å². The average molecular weight is 233 g/mol. The number of para-hydroxylation sites is 2. The molecule has 0 amide bonds. The van der Waals surface area contributed by atoms with Gasteiger partial charge in [-0.05, 0) is 23.8 Å². The molecule has 0 radical (unpaired) electrons. The van der Waals surface area contributed by atoms with Crippen LogP contribution in [0.2, 0.25) is 0 Å². The second-order valence-electron chi connectivity index (χ2n) is 4.45. The van der Waals surface area contributed by atoms with Crippen molar-refractivity contribution in [1.82, 2.24) is 4.90 Å². The van der Waals surface area contributed by atoms with Gasteiger partial charge in [0.25, 0.3) is 0 Å². The Bertz CT molecular complexity index is 686. The predicted molar refractivity (Wildman–Crippen MR) is 72.8 cm³/mol. The van der Waals surface area contributed by atoms with E-state index >= 15 is 0 Å². The number of hydrogen-bond donors (Lipinski definition) is 0. The van der Waals surface area contributed by atoms with E-state index in [0.717, 1.165) is 29.3 Å². The van der Waals surface area contributed by atoms with Gasteiger partial charge in [0.05, 0.1) is 24.3 Å². The van der Waals surface area contributed by atoms with Gasteiger partial charge in [0, 0.05) is 5.56 Å². The lowest BCUT2D eigenvalue weighted by molar-refractivity contribution is 0.607. The van der Waals surface area contributed by atoms with Crippen molar-refractivity contribution < 1.29 is 0 Å². The van der Waals surface area contributed by atoms with Crippen molar-refractivity contribution in [3.05, 3.63) is 59.7 Å². The average Bonchev–Trinajstić information content (AvgIpc) is 2.45. The third-order valence-corrected chi connectivity index (χ3v) is 3.31. The Morgan fingerprint density at radius 1 is 0.889 bits per heavy atom. The molecule has 0 saturated heterocycles. The number of hydrogen-bond acceptors (Lipinski definition) is 3. The number of nitrogens with zero attached hydrogens (tertiary/aromatic N) is 3. The zero-order valence-electron chi connectivity index (χ0n) is 9.74. The highest BCUT2D eigenvalue weighted by Gasteiger charge is 2.24. The van der Waals surface area contributed by atoms with Crippen molar-refractivity contribution >= 4 is 23.5 Å². The van der Waals surface area contributed by atoms with E-state index in [1.165, 1.54) is 5.56 Å². The van der Waals surface area contributed by atoms with Gasteiger partial charge in [0.1, 0.15) is 5.84 Å². The topological polar surface area (TPSA) is 28.0 Å². The Morgan fingerprint density at radius 3 is 2.61 bits per heavy atom. The molecule has 0 unspecified atom stereocenters. The van der Waals surface area contributed by atoms with Gasteiger partial charge < -0.3 is 4.90 Å². The summed E-state index contributed by atoms with van der Waals surface area (Å²) < 4.78 is 0. The summed E-state index contributed by atoms with van der Waals surface area (Å²) in [6, 6.07) is 16.4. The SMILES string of the molecule is C1=Nc2ccccc2C2=Nc3ccccc3CN12. The molecule has 3 heteroatoms. The van der Waals surface area contributed by atoms with Crippen LogP contribution in [0.4, 0.5) is 11.4 Å². The Kier molecular flexibility index (Phi) is 1.88. The molecule has 0 N–H and O–H groups in total. The molecule has 4 rings (SSSR count).